The van der Waals surface area contributed by atoms with E-state index >= 15 is 0 Å². The summed E-state index contributed by atoms with van der Waals surface area (Å²) in [7, 11) is -4.24. The third-order valence-electron chi connectivity index (χ3n) is 5.70. The number of hydrogen-bond acceptors (Lipinski definition) is 5. The highest BCUT2D eigenvalue weighted by atomic mass is 79.9. The first-order chi connectivity index (χ1) is 15.6. The van der Waals surface area contributed by atoms with Crippen molar-refractivity contribution in [3.63, 3.8) is 0 Å². The SMILES string of the molecule is O=S(=O)(NCC1CCN(CC2COc3ccc(Cl)cc3O2)CC1)c1c(F)c(Br)cc(F)c1Br. The average Bonchev–Trinajstić information content (AvgIpc) is 2.77. The number of halogens is 5. The molecular weight excluding hydrogens is 610 g/mol. The monoisotopic (exact) mass is 628 g/mol. The molecule has 0 saturated carbocycles. The van der Waals surface area contributed by atoms with E-state index in [0.29, 0.717) is 29.7 Å². The molecule has 0 aromatic heterocycles. The molecule has 4 rings (SSSR count). The zero-order valence-electron chi connectivity index (χ0n) is 17.3. The molecule has 0 bridgehead atoms. The number of benzene rings is 2. The number of fused-ring (bicyclic) bond motifs is 1. The number of nitrogens with zero attached hydrogens (tertiary/aromatic N) is 1. The van der Waals surface area contributed by atoms with Crippen LogP contribution in [0.15, 0.2) is 38.1 Å². The van der Waals surface area contributed by atoms with Gasteiger partial charge in [0.15, 0.2) is 17.3 Å². The lowest BCUT2D eigenvalue weighted by molar-refractivity contribution is 0.0481. The van der Waals surface area contributed by atoms with E-state index in [9.17, 15) is 17.2 Å². The van der Waals surface area contributed by atoms with Crippen molar-refractivity contribution in [2.45, 2.75) is 23.8 Å². The lowest BCUT2D eigenvalue weighted by atomic mass is 9.97. The summed E-state index contributed by atoms with van der Waals surface area (Å²) < 4.78 is 67.1. The molecule has 6 nitrogen and oxygen atoms in total. The Morgan fingerprint density at radius 3 is 2.61 bits per heavy atom. The van der Waals surface area contributed by atoms with Crippen LogP contribution >= 0.6 is 43.5 Å². The molecule has 2 aromatic rings. The summed E-state index contributed by atoms with van der Waals surface area (Å²) in [6.07, 6.45) is 1.39. The highest BCUT2D eigenvalue weighted by Gasteiger charge is 2.30. The lowest BCUT2D eigenvalue weighted by Gasteiger charge is -2.35. The molecule has 12 heteroatoms. The van der Waals surface area contributed by atoms with E-state index in [1.54, 1.807) is 18.2 Å². The molecule has 1 atom stereocenters. The highest BCUT2D eigenvalue weighted by Crippen LogP contribution is 2.35. The molecule has 2 aliphatic heterocycles. The molecule has 1 saturated heterocycles. The standard InChI is InChI=1S/C21H21Br2ClF2N2O4S/c22-15-8-16(25)19(23)21(20(15)26)33(29,30)27-9-12-3-5-28(6-4-12)10-14-11-31-17-2-1-13(24)7-18(17)32-14/h1-2,7-8,12,14,27H,3-6,9-11H2. The summed E-state index contributed by atoms with van der Waals surface area (Å²) in [4.78, 5) is 1.51. The second-order valence-corrected chi connectivity index (χ2v) is 11.8. The number of likely N-dealkylation sites (tertiary alicyclic amines) is 1. The van der Waals surface area contributed by atoms with Crippen molar-refractivity contribution in [3.05, 3.63) is 49.9 Å². The maximum atomic E-state index is 14.4. The summed E-state index contributed by atoms with van der Waals surface area (Å²) in [5.41, 5.74) is 0. The second-order valence-electron chi connectivity index (χ2n) is 8.04. The topological polar surface area (TPSA) is 67.9 Å². The van der Waals surface area contributed by atoms with Gasteiger partial charge in [0, 0.05) is 24.2 Å². The number of ether oxygens (including phenoxy) is 2. The third kappa shape index (κ3) is 5.82. The normalized spacial score (nSPS) is 19.6. The van der Waals surface area contributed by atoms with Gasteiger partial charge >= 0.3 is 0 Å². The second kappa shape index (κ2) is 10.3. The maximum Gasteiger partial charge on any atom is 0.244 e. The Labute approximate surface area is 212 Å². The van der Waals surface area contributed by atoms with E-state index in [1.165, 1.54) is 0 Å². The van der Waals surface area contributed by atoms with Gasteiger partial charge in [0.25, 0.3) is 0 Å². The van der Waals surface area contributed by atoms with E-state index in [1.807, 2.05) is 0 Å². The van der Waals surface area contributed by atoms with Crippen LogP contribution < -0.4 is 14.2 Å². The summed E-state index contributed by atoms with van der Waals surface area (Å²) in [6, 6.07) is 6.15. The van der Waals surface area contributed by atoms with E-state index < -0.39 is 31.0 Å². The van der Waals surface area contributed by atoms with Crippen molar-refractivity contribution < 1.29 is 26.7 Å². The summed E-state index contributed by atoms with van der Waals surface area (Å²) in [5.74, 6) is -0.516. The van der Waals surface area contributed by atoms with Crippen LogP contribution in [-0.2, 0) is 10.0 Å². The first-order valence-corrected chi connectivity index (χ1v) is 13.7. The molecule has 1 fully saturated rings. The minimum atomic E-state index is -4.24. The summed E-state index contributed by atoms with van der Waals surface area (Å²) in [6.45, 7) is 2.79. The van der Waals surface area contributed by atoms with Crippen molar-refractivity contribution in [3.8, 4) is 11.5 Å². The number of piperidine rings is 1. The molecular formula is C21H21Br2ClF2N2O4S. The predicted molar refractivity (Wildman–Crippen MR) is 127 cm³/mol. The van der Waals surface area contributed by atoms with Gasteiger partial charge in [-0.3, -0.25) is 4.90 Å². The largest absolute Gasteiger partial charge is 0.486 e. The van der Waals surface area contributed by atoms with Gasteiger partial charge in [0.1, 0.15) is 23.4 Å². The Hall–Kier alpha value is -0.980. The quantitative estimate of drug-likeness (QED) is 0.457. The van der Waals surface area contributed by atoms with Gasteiger partial charge in [0.2, 0.25) is 10.0 Å². The molecule has 180 valence electrons. The van der Waals surface area contributed by atoms with Crippen LogP contribution in [0.25, 0.3) is 0 Å². The van der Waals surface area contributed by atoms with Gasteiger partial charge in [-0.2, -0.15) is 0 Å². The Kier molecular flexibility index (Phi) is 7.86. The van der Waals surface area contributed by atoms with Crippen LogP contribution in [0.5, 0.6) is 11.5 Å². The molecule has 2 aliphatic rings. The number of hydrogen-bond donors (Lipinski definition) is 1. The van der Waals surface area contributed by atoms with Gasteiger partial charge in [-0.15, -0.1) is 0 Å². The Morgan fingerprint density at radius 2 is 1.88 bits per heavy atom. The van der Waals surface area contributed by atoms with E-state index in [-0.39, 0.29) is 23.0 Å². The fourth-order valence-electron chi connectivity index (χ4n) is 3.93. The van der Waals surface area contributed by atoms with Crippen LogP contribution in [0.4, 0.5) is 8.78 Å². The van der Waals surface area contributed by atoms with Gasteiger partial charge in [-0.1, -0.05) is 11.6 Å². The average molecular weight is 631 g/mol. The predicted octanol–water partition coefficient (Wildman–Crippen LogP) is 4.97. The van der Waals surface area contributed by atoms with Crippen molar-refractivity contribution in [2.24, 2.45) is 5.92 Å². The molecule has 0 spiro atoms. The maximum absolute atomic E-state index is 14.4. The first kappa shape index (κ1) is 25.1. The van der Waals surface area contributed by atoms with E-state index in [0.717, 1.165) is 32.0 Å². The van der Waals surface area contributed by atoms with Crippen molar-refractivity contribution in [2.75, 3.05) is 32.8 Å². The first-order valence-electron chi connectivity index (χ1n) is 10.3. The van der Waals surface area contributed by atoms with Crippen molar-refractivity contribution in [1.82, 2.24) is 9.62 Å². The summed E-state index contributed by atoms with van der Waals surface area (Å²) >= 11 is 11.7. The zero-order valence-corrected chi connectivity index (χ0v) is 22.0. The molecule has 0 amide bonds. The fraction of sp³-hybridized carbons (Fsp3) is 0.429. The van der Waals surface area contributed by atoms with Crippen LogP contribution in [-0.4, -0.2) is 52.2 Å². The molecule has 1 N–H and O–H groups in total. The van der Waals surface area contributed by atoms with Gasteiger partial charge < -0.3 is 9.47 Å². The Morgan fingerprint density at radius 1 is 1.15 bits per heavy atom. The smallest absolute Gasteiger partial charge is 0.244 e. The van der Waals surface area contributed by atoms with Crippen LogP contribution in [0, 0.1) is 17.6 Å². The number of sulfonamides is 1. The minimum Gasteiger partial charge on any atom is -0.486 e. The molecule has 1 unspecified atom stereocenters. The van der Waals surface area contributed by atoms with Crippen LogP contribution in [0.2, 0.25) is 5.02 Å². The zero-order chi connectivity index (χ0) is 23.8. The Bertz CT molecular complexity index is 1120. The molecule has 2 aromatic carbocycles. The highest BCUT2D eigenvalue weighted by molar-refractivity contribution is 9.11. The van der Waals surface area contributed by atoms with Crippen LogP contribution in [0.3, 0.4) is 0 Å². The third-order valence-corrected chi connectivity index (χ3v) is 9.01. The van der Waals surface area contributed by atoms with Crippen LogP contribution in [0.1, 0.15) is 12.8 Å². The van der Waals surface area contributed by atoms with E-state index in [2.05, 4.69) is 41.5 Å². The molecule has 2 heterocycles. The van der Waals surface area contributed by atoms with Crippen molar-refractivity contribution in [1.29, 1.82) is 0 Å². The van der Waals surface area contributed by atoms with Crippen molar-refractivity contribution >= 4 is 53.5 Å². The molecule has 0 aliphatic carbocycles. The molecule has 0 radical (unpaired) electrons. The molecule has 33 heavy (non-hydrogen) atoms. The summed E-state index contributed by atoms with van der Waals surface area (Å²) in [5, 5.41) is 0.582. The Balaban J connectivity index is 1.29. The number of nitrogens with one attached hydrogen (secondary N) is 1. The fourth-order valence-corrected chi connectivity index (χ4v) is 6.83. The lowest BCUT2D eigenvalue weighted by Crippen LogP contribution is -2.45. The number of rotatable bonds is 6. The van der Waals surface area contributed by atoms with E-state index in [4.69, 9.17) is 21.1 Å². The minimum absolute atomic E-state index is 0.0814. The van der Waals surface area contributed by atoms with Gasteiger partial charge in [-0.25, -0.2) is 21.9 Å². The van der Waals surface area contributed by atoms with Gasteiger partial charge in [0.05, 0.1) is 8.95 Å². The van der Waals surface area contributed by atoms with Gasteiger partial charge in [-0.05, 0) is 81.9 Å².